The molecule has 0 bridgehead atoms. The second-order valence-electron chi connectivity index (χ2n) is 4.67. The van der Waals surface area contributed by atoms with Crippen LogP contribution < -0.4 is 20.5 Å². The van der Waals surface area contributed by atoms with Gasteiger partial charge in [0.2, 0.25) is 5.91 Å². The highest BCUT2D eigenvalue weighted by molar-refractivity contribution is 6.32. The van der Waals surface area contributed by atoms with Crippen LogP contribution in [-0.4, -0.2) is 25.7 Å². The van der Waals surface area contributed by atoms with E-state index in [2.05, 4.69) is 5.32 Å². The van der Waals surface area contributed by atoms with Crippen molar-refractivity contribution in [2.45, 2.75) is 25.8 Å². The van der Waals surface area contributed by atoms with Gasteiger partial charge in [0, 0.05) is 6.42 Å². The number of carbonyl (C=O) groups excluding carboxylic acids is 1. The molecule has 0 aliphatic carbocycles. The Kier molecular flexibility index (Phi) is 5.09. The number of hydrogen-bond acceptors (Lipinski definition) is 4. The Labute approximate surface area is 123 Å². The van der Waals surface area contributed by atoms with Crippen LogP contribution in [0.5, 0.6) is 11.5 Å². The predicted molar refractivity (Wildman–Crippen MR) is 77.3 cm³/mol. The number of primary amides is 1. The number of benzene rings is 1. The van der Waals surface area contributed by atoms with Crippen molar-refractivity contribution < 1.29 is 14.3 Å². The van der Waals surface area contributed by atoms with Gasteiger partial charge in [-0.2, -0.15) is 0 Å². The molecular weight excluding hydrogens is 280 g/mol. The maximum Gasteiger partial charge on any atom is 0.239 e. The van der Waals surface area contributed by atoms with Crippen molar-refractivity contribution in [1.29, 1.82) is 0 Å². The van der Waals surface area contributed by atoms with Gasteiger partial charge < -0.3 is 20.5 Å². The van der Waals surface area contributed by atoms with Crippen molar-refractivity contribution in [3.05, 3.63) is 22.7 Å². The smallest absolute Gasteiger partial charge is 0.239 e. The van der Waals surface area contributed by atoms with Crippen molar-refractivity contribution in [3.8, 4) is 11.5 Å². The van der Waals surface area contributed by atoms with Crippen molar-refractivity contribution in [1.82, 2.24) is 5.32 Å². The van der Waals surface area contributed by atoms with Crippen LogP contribution >= 0.6 is 11.6 Å². The first kappa shape index (κ1) is 14.9. The second kappa shape index (κ2) is 6.81. The first-order chi connectivity index (χ1) is 9.63. The summed E-state index contributed by atoms with van der Waals surface area (Å²) < 4.78 is 11.2. The van der Waals surface area contributed by atoms with Gasteiger partial charge in [0.25, 0.3) is 0 Å². The maximum absolute atomic E-state index is 11.6. The molecular formula is C14H19ClN2O3. The van der Waals surface area contributed by atoms with E-state index < -0.39 is 11.9 Å². The molecule has 1 aliphatic heterocycles. The minimum absolute atomic E-state index is 0.434. The van der Waals surface area contributed by atoms with E-state index in [1.807, 2.05) is 6.92 Å². The summed E-state index contributed by atoms with van der Waals surface area (Å²) in [6.07, 6.45) is 1.70. The van der Waals surface area contributed by atoms with Gasteiger partial charge in [-0.05, 0) is 30.7 Å². The molecule has 20 heavy (non-hydrogen) atoms. The summed E-state index contributed by atoms with van der Waals surface area (Å²) in [6, 6.07) is 2.89. The molecule has 0 radical (unpaired) electrons. The summed E-state index contributed by atoms with van der Waals surface area (Å²) in [5.41, 5.74) is 6.14. The topological polar surface area (TPSA) is 73.6 Å². The van der Waals surface area contributed by atoms with E-state index in [4.69, 9.17) is 26.8 Å². The van der Waals surface area contributed by atoms with Gasteiger partial charge in [0.1, 0.15) is 6.04 Å². The maximum atomic E-state index is 11.6. The molecule has 0 spiro atoms. The van der Waals surface area contributed by atoms with Crippen molar-refractivity contribution in [2.24, 2.45) is 5.73 Å². The Hall–Kier alpha value is -1.46. The number of nitrogens with two attached hydrogens (primary N) is 1. The van der Waals surface area contributed by atoms with Crippen LogP contribution in [0.15, 0.2) is 12.1 Å². The fourth-order valence-electron chi connectivity index (χ4n) is 2.09. The summed E-state index contributed by atoms with van der Waals surface area (Å²) in [5, 5.41) is 3.54. The lowest BCUT2D eigenvalue weighted by Gasteiger charge is -2.18. The van der Waals surface area contributed by atoms with Crippen LogP contribution in [-0.2, 0) is 4.79 Å². The summed E-state index contributed by atoms with van der Waals surface area (Å²) >= 11 is 6.22. The average Bonchev–Trinajstić information content (AvgIpc) is 2.64. The molecule has 0 saturated carbocycles. The number of hydrogen-bond donors (Lipinski definition) is 2. The van der Waals surface area contributed by atoms with E-state index in [1.54, 1.807) is 12.1 Å². The zero-order chi connectivity index (χ0) is 14.5. The molecule has 3 N–H and O–H groups in total. The lowest BCUT2D eigenvalue weighted by atomic mass is 10.1. The average molecular weight is 299 g/mol. The van der Waals surface area contributed by atoms with Gasteiger partial charge >= 0.3 is 0 Å². The molecule has 0 fully saturated rings. The number of amides is 1. The van der Waals surface area contributed by atoms with Gasteiger partial charge in [-0.25, -0.2) is 0 Å². The van der Waals surface area contributed by atoms with E-state index >= 15 is 0 Å². The third kappa shape index (κ3) is 3.35. The highest BCUT2D eigenvalue weighted by Gasteiger charge is 2.22. The van der Waals surface area contributed by atoms with E-state index in [1.165, 1.54) is 0 Å². The number of halogens is 1. The number of rotatable bonds is 5. The predicted octanol–water partition coefficient (Wildman–Crippen LogP) is 2.03. The van der Waals surface area contributed by atoms with Crippen LogP contribution in [0.3, 0.4) is 0 Å². The van der Waals surface area contributed by atoms with Crippen LogP contribution in [0, 0.1) is 0 Å². The standard InChI is InChI=1S/C14H19ClN2O3/c1-2-4-17-12(14(16)18)9-7-10(15)13-11(8-9)19-5-3-6-20-13/h7-8,12,17H,2-6H2,1H3,(H2,16,18). The minimum Gasteiger partial charge on any atom is -0.489 e. The van der Waals surface area contributed by atoms with E-state index in [-0.39, 0.29) is 0 Å². The van der Waals surface area contributed by atoms with Gasteiger partial charge in [0.05, 0.1) is 18.2 Å². The lowest BCUT2D eigenvalue weighted by Crippen LogP contribution is -2.34. The fourth-order valence-corrected chi connectivity index (χ4v) is 2.36. The number of nitrogens with one attached hydrogen (secondary N) is 1. The fraction of sp³-hybridized carbons (Fsp3) is 0.500. The molecule has 1 unspecified atom stereocenters. The van der Waals surface area contributed by atoms with Crippen molar-refractivity contribution >= 4 is 17.5 Å². The minimum atomic E-state index is -0.579. The molecule has 110 valence electrons. The molecule has 2 rings (SSSR count). The SMILES string of the molecule is CCCNC(C(N)=O)c1cc(Cl)c2c(c1)OCCCO2. The molecule has 1 heterocycles. The lowest BCUT2D eigenvalue weighted by molar-refractivity contribution is -0.120. The van der Waals surface area contributed by atoms with Crippen molar-refractivity contribution in [2.75, 3.05) is 19.8 Å². The number of carbonyl (C=O) groups is 1. The van der Waals surface area contributed by atoms with Crippen LogP contribution in [0.25, 0.3) is 0 Å². The molecule has 1 atom stereocenters. The Morgan fingerprint density at radius 2 is 2.20 bits per heavy atom. The molecule has 6 heteroatoms. The van der Waals surface area contributed by atoms with Gasteiger partial charge in [-0.3, -0.25) is 4.79 Å². The molecule has 1 aromatic rings. The first-order valence-electron chi connectivity index (χ1n) is 6.75. The third-order valence-corrected chi connectivity index (χ3v) is 3.32. The molecule has 1 aliphatic rings. The highest BCUT2D eigenvalue weighted by atomic mass is 35.5. The molecule has 1 aromatic carbocycles. The largest absolute Gasteiger partial charge is 0.489 e. The summed E-state index contributed by atoms with van der Waals surface area (Å²) in [6.45, 7) is 3.85. The first-order valence-corrected chi connectivity index (χ1v) is 7.13. The van der Waals surface area contributed by atoms with Gasteiger partial charge in [-0.1, -0.05) is 18.5 Å². The second-order valence-corrected chi connectivity index (χ2v) is 5.08. The molecule has 0 aromatic heterocycles. The van der Waals surface area contributed by atoms with Gasteiger partial charge in [-0.15, -0.1) is 0 Å². The van der Waals surface area contributed by atoms with Crippen LogP contribution in [0.1, 0.15) is 31.4 Å². The highest BCUT2D eigenvalue weighted by Crippen LogP contribution is 2.39. The summed E-state index contributed by atoms with van der Waals surface area (Å²) in [5.74, 6) is 0.658. The Morgan fingerprint density at radius 1 is 1.45 bits per heavy atom. The Balaban J connectivity index is 2.33. The summed E-state index contributed by atoms with van der Waals surface area (Å²) in [4.78, 5) is 11.6. The van der Waals surface area contributed by atoms with Crippen LogP contribution in [0.2, 0.25) is 5.02 Å². The number of ether oxygens (including phenoxy) is 2. The zero-order valence-electron chi connectivity index (χ0n) is 11.4. The van der Waals surface area contributed by atoms with Gasteiger partial charge in [0.15, 0.2) is 11.5 Å². The van der Waals surface area contributed by atoms with Crippen molar-refractivity contribution in [3.63, 3.8) is 0 Å². The third-order valence-electron chi connectivity index (χ3n) is 3.04. The van der Waals surface area contributed by atoms with E-state index in [9.17, 15) is 4.79 Å². The molecule has 0 saturated heterocycles. The molecule has 5 nitrogen and oxygen atoms in total. The zero-order valence-corrected chi connectivity index (χ0v) is 12.2. The quantitative estimate of drug-likeness (QED) is 0.872. The van der Waals surface area contributed by atoms with E-state index in [0.717, 1.165) is 12.8 Å². The Bertz CT molecular complexity index is 494. The Morgan fingerprint density at radius 3 is 2.90 bits per heavy atom. The summed E-state index contributed by atoms with van der Waals surface area (Å²) in [7, 11) is 0. The number of fused-ring (bicyclic) bond motifs is 1. The normalized spacial score (nSPS) is 15.5. The van der Waals surface area contributed by atoms with E-state index in [0.29, 0.717) is 41.8 Å². The monoisotopic (exact) mass is 298 g/mol. The van der Waals surface area contributed by atoms with Crippen LogP contribution in [0.4, 0.5) is 0 Å². The molecule has 1 amide bonds.